The van der Waals surface area contributed by atoms with E-state index < -0.39 is 0 Å². The molecule has 2 aromatic carbocycles. The van der Waals surface area contributed by atoms with E-state index in [0.29, 0.717) is 18.0 Å². The molecule has 3 aromatic rings. The zero-order chi connectivity index (χ0) is 19.8. The average Bonchev–Trinajstić information content (AvgIpc) is 3.25. The van der Waals surface area contributed by atoms with Crippen LogP contribution in [0.3, 0.4) is 0 Å². The molecule has 0 bridgehead atoms. The lowest BCUT2D eigenvalue weighted by molar-refractivity contribution is -0.115. The monoisotopic (exact) mass is 394 g/mol. The zero-order valence-electron chi connectivity index (χ0n) is 16.3. The van der Waals surface area contributed by atoms with Gasteiger partial charge in [-0.2, -0.15) is 0 Å². The molecule has 28 heavy (non-hydrogen) atoms. The molecule has 0 aliphatic carbocycles. The second-order valence-electron chi connectivity index (χ2n) is 6.40. The standard InChI is InChI=1S/C23H26N2O2S/c1-3-17-11-13-18(14-12-17)23(21-10-7-15-28-21)24-16-22(26)25-19-8-5-6-9-20(19)27-4-2/h5-15,23-24H,3-4,16H2,1-2H3,(H,25,26)/t23-/m0/s1. The van der Waals surface area contributed by atoms with Gasteiger partial charge in [-0.25, -0.2) is 0 Å². The summed E-state index contributed by atoms with van der Waals surface area (Å²) >= 11 is 1.69. The third-order valence-corrected chi connectivity index (χ3v) is 5.41. The number of rotatable bonds is 9. The summed E-state index contributed by atoms with van der Waals surface area (Å²) in [6, 6.07) is 20.2. The van der Waals surface area contributed by atoms with E-state index in [-0.39, 0.29) is 18.5 Å². The molecule has 5 heteroatoms. The number of anilines is 1. The van der Waals surface area contributed by atoms with Gasteiger partial charge in [0.15, 0.2) is 0 Å². The van der Waals surface area contributed by atoms with Gasteiger partial charge < -0.3 is 10.1 Å². The Morgan fingerprint density at radius 1 is 1.04 bits per heavy atom. The van der Waals surface area contributed by atoms with Crippen LogP contribution in [0.2, 0.25) is 0 Å². The van der Waals surface area contributed by atoms with Gasteiger partial charge in [0.25, 0.3) is 0 Å². The molecule has 1 heterocycles. The SMILES string of the molecule is CCOc1ccccc1NC(=O)CN[C@@H](c1ccc(CC)cc1)c1cccs1. The Kier molecular flexibility index (Phi) is 7.23. The van der Waals surface area contributed by atoms with Crippen molar-refractivity contribution in [1.82, 2.24) is 5.32 Å². The smallest absolute Gasteiger partial charge is 0.238 e. The predicted molar refractivity (Wildman–Crippen MR) is 116 cm³/mol. The predicted octanol–water partition coefficient (Wildman–Crippen LogP) is 5.03. The molecule has 1 aromatic heterocycles. The fraction of sp³-hybridized carbons (Fsp3) is 0.261. The highest BCUT2D eigenvalue weighted by atomic mass is 32.1. The van der Waals surface area contributed by atoms with Crippen LogP contribution in [0.5, 0.6) is 5.75 Å². The van der Waals surface area contributed by atoms with Crippen molar-refractivity contribution in [2.24, 2.45) is 0 Å². The molecular formula is C23H26N2O2S. The first-order valence-electron chi connectivity index (χ1n) is 9.58. The number of hydrogen-bond acceptors (Lipinski definition) is 4. The number of carbonyl (C=O) groups excluding carboxylic acids is 1. The van der Waals surface area contributed by atoms with Crippen molar-refractivity contribution in [2.45, 2.75) is 26.3 Å². The lowest BCUT2D eigenvalue weighted by Gasteiger charge is -2.19. The van der Waals surface area contributed by atoms with Crippen molar-refractivity contribution in [3.05, 3.63) is 82.0 Å². The second-order valence-corrected chi connectivity index (χ2v) is 7.38. The average molecular weight is 395 g/mol. The van der Waals surface area contributed by atoms with E-state index in [1.807, 2.05) is 37.3 Å². The maximum atomic E-state index is 12.5. The highest BCUT2D eigenvalue weighted by Crippen LogP contribution is 2.27. The van der Waals surface area contributed by atoms with Crippen LogP contribution < -0.4 is 15.4 Å². The molecule has 0 aliphatic rings. The van der Waals surface area contributed by atoms with E-state index in [4.69, 9.17) is 4.74 Å². The molecule has 0 aliphatic heterocycles. The molecule has 1 amide bonds. The highest BCUT2D eigenvalue weighted by Gasteiger charge is 2.17. The lowest BCUT2D eigenvalue weighted by Crippen LogP contribution is -2.31. The Morgan fingerprint density at radius 3 is 2.50 bits per heavy atom. The summed E-state index contributed by atoms with van der Waals surface area (Å²) in [5.74, 6) is 0.585. The summed E-state index contributed by atoms with van der Waals surface area (Å²) in [6.07, 6.45) is 1.01. The number of benzene rings is 2. The van der Waals surface area contributed by atoms with Crippen LogP contribution in [0, 0.1) is 0 Å². The van der Waals surface area contributed by atoms with Crippen LogP contribution in [0.1, 0.15) is 35.9 Å². The van der Waals surface area contributed by atoms with Crippen molar-refractivity contribution in [3.63, 3.8) is 0 Å². The van der Waals surface area contributed by atoms with Gasteiger partial charge in [0.05, 0.1) is 24.9 Å². The number of nitrogens with one attached hydrogen (secondary N) is 2. The van der Waals surface area contributed by atoms with Gasteiger partial charge in [-0.3, -0.25) is 10.1 Å². The zero-order valence-corrected chi connectivity index (χ0v) is 17.1. The van der Waals surface area contributed by atoms with Crippen LogP contribution in [-0.2, 0) is 11.2 Å². The lowest BCUT2D eigenvalue weighted by atomic mass is 10.0. The van der Waals surface area contributed by atoms with Gasteiger partial charge in [0.2, 0.25) is 5.91 Å². The fourth-order valence-corrected chi connectivity index (χ4v) is 3.85. The van der Waals surface area contributed by atoms with Gasteiger partial charge in [0, 0.05) is 4.88 Å². The number of carbonyl (C=O) groups is 1. The molecule has 0 fully saturated rings. The van der Waals surface area contributed by atoms with Crippen molar-refractivity contribution in [1.29, 1.82) is 0 Å². The Bertz CT molecular complexity index is 876. The van der Waals surface area contributed by atoms with Crippen LogP contribution in [0.15, 0.2) is 66.0 Å². The van der Waals surface area contributed by atoms with E-state index >= 15 is 0 Å². The number of ether oxygens (including phenoxy) is 1. The summed E-state index contributed by atoms with van der Waals surface area (Å²) in [4.78, 5) is 13.7. The minimum absolute atomic E-state index is 0.0150. The van der Waals surface area contributed by atoms with Crippen molar-refractivity contribution >= 4 is 22.9 Å². The van der Waals surface area contributed by atoms with Crippen LogP contribution >= 0.6 is 11.3 Å². The van der Waals surface area contributed by atoms with Crippen molar-refractivity contribution < 1.29 is 9.53 Å². The first-order valence-corrected chi connectivity index (χ1v) is 10.5. The van der Waals surface area contributed by atoms with E-state index in [2.05, 4.69) is 53.3 Å². The number of thiophene rings is 1. The Labute approximate surface area is 170 Å². The molecular weight excluding hydrogens is 368 g/mol. The largest absolute Gasteiger partial charge is 0.492 e. The normalized spacial score (nSPS) is 11.8. The summed E-state index contributed by atoms with van der Waals surface area (Å²) in [6.45, 7) is 4.84. The van der Waals surface area contributed by atoms with Gasteiger partial charge in [-0.05, 0) is 48.1 Å². The Morgan fingerprint density at radius 2 is 1.82 bits per heavy atom. The second kappa shape index (κ2) is 10.1. The van der Waals surface area contributed by atoms with E-state index in [9.17, 15) is 4.79 Å². The molecule has 0 unspecified atom stereocenters. The molecule has 0 saturated heterocycles. The Hall–Kier alpha value is -2.63. The molecule has 2 N–H and O–H groups in total. The van der Waals surface area contributed by atoms with Crippen LogP contribution in [0.4, 0.5) is 5.69 Å². The fourth-order valence-electron chi connectivity index (χ4n) is 3.02. The third kappa shape index (κ3) is 5.21. The summed E-state index contributed by atoms with van der Waals surface area (Å²) < 4.78 is 5.58. The number of aryl methyl sites for hydroxylation is 1. The third-order valence-electron chi connectivity index (χ3n) is 4.48. The van der Waals surface area contributed by atoms with Gasteiger partial charge in [0.1, 0.15) is 5.75 Å². The van der Waals surface area contributed by atoms with Crippen molar-refractivity contribution in [3.8, 4) is 5.75 Å². The summed E-state index contributed by atoms with van der Waals surface area (Å²) in [5, 5.41) is 8.41. The minimum atomic E-state index is -0.0983. The number of para-hydroxylation sites is 2. The van der Waals surface area contributed by atoms with Crippen molar-refractivity contribution in [2.75, 3.05) is 18.5 Å². The molecule has 146 valence electrons. The quantitative estimate of drug-likeness (QED) is 0.535. The first-order chi connectivity index (χ1) is 13.7. The topological polar surface area (TPSA) is 50.4 Å². The Balaban J connectivity index is 1.69. The van der Waals surface area contributed by atoms with Gasteiger partial charge in [-0.15, -0.1) is 11.3 Å². The maximum absolute atomic E-state index is 12.5. The maximum Gasteiger partial charge on any atom is 0.238 e. The first kappa shape index (κ1) is 20.1. The summed E-state index contributed by atoms with van der Waals surface area (Å²) in [7, 11) is 0. The van der Waals surface area contributed by atoms with Crippen LogP contribution in [-0.4, -0.2) is 19.1 Å². The molecule has 1 atom stereocenters. The molecule has 0 spiro atoms. The van der Waals surface area contributed by atoms with Gasteiger partial charge >= 0.3 is 0 Å². The van der Waals surface area contributed by atoms with E-state index in [1.165, 1.54) is 10.4 Å². The van der Waals surface area contributed by atoms with E-state index in [1.54, 1.807) is 11.3 Å². The minimum Gasteiger partial charge on any atom is -0.492 e. The molecule has 3 rings (SSSR count). The van der Waals surface area contributed by atoms with Gasteiger partial charge in [-0.1, -0.05) is 49.4 Å². The van der Waals surface area contributed by atoms with E-state index in [0.717, 1.165) is 12.0 Å². The van der Waals surface area contributed by atoms with Crippen LogP contribution in [0.25, 0.3) is 0 Å². The highest BCUT2D eigenvalue weighted by molar-refractivity contribution is 7.10. The summed E-state index contributed by atoms with van der Waals surface area (Å²) in [5.41, 5.74) is 3.15. The number of amides is 1. The molecule has 4 nitrogen and oxygen atoms in total. The molecule has 0 radical (unpaired) electrons. The molecule has 0 saturated carbocycles. The number of hydrogen-bond donors (Lipinski definition) is 2.